The Kier molecular flexibility index (Phi) is 12.7. The highest BCUT2D eigenvalue weighted by atomic mass is 19.1. The van der Waals surface area contributed by atoms with Gasteiger partial charge in [-0.3, -0.25) is 9.59 Å². The summed E-state index contributed by atoms with van der Waals surface area (Å²) >= 11 is 0. The first kappa shape index (κ1) is 35.7. The van der Waals surface area contributed by atoms with Crippen LogP contribution in [0.5, 0.6) is 0 Å². The molecule has 0 radical (unpaired) electrons. The second kappa shape index (κ2) is 15.3. The van der Waals surface area contributed by atoms with Gasteiger partial charge in [0, 0.05) is 48.9 Å². The minimum absolute atomic E-state index is 0.126. The Balaban J connectivity index is 2.36. The third-order valence-electron chi connectivity index (χ3n) is 7.25. The van der Waals surface area contributed by atoms with Crippen LogP contribution in [-0.4, -0.2) is 65.0 Å². The van der Waals surface area contributed by atoms with Crippen molar-refractivity contribution in [2.24, 2.45) is 0 Å². The zero-order valence-electron chi connectivity index (χ0n) is 27.3. The Morgan fingerprint density at radius 1 is 0.907 bits per heavy atom. The second-order valence-electron chi connectivity index (χ2n) is 12.8. The van der Waals surface area contributed by atoms with E-state index in [4.69, 9.17) is 4.74 Å². The van der Waals surface area contributed by atoms with Crippen molar-refractivity contribution in [3.63, 3.8) is 0 Å². The van der Waals surface area contributed by atoms with Gasteiger partial charge in [0.25, 0.3) is 11.8 Å². The van der Waals surface area contributed by atoms with E-state index in [0.29, 0.717) is 42.6 Å². The topological polar surface area (TPSA) is 79.0 Å². The lowest BCUT2D eigenvalue weighted by molar-refractivity contribution is 0.0220. The van der Waals surface area contributed by atoms with Crippen molar-refractivity contribution < 1.29 is 27.9 Å². The number of aryl methyl sites for hydroxylation is 1. The molecule has 1 unspecified atom stereocenters. The number of halogens is 2. The van der Waals surface area contributed by atoms with Crippen LogP contribution in [0.3, 0.4) is 0 Å². The molecular weight excluding hydrogens is 552 g/mol. The Labute approximate surface area is 256 Å². The first-order valence-corrected chi connectivity index (χ1v) is 15.1. The molecule has 3 amide bonds. The average molecular weight is 602 g/mol. The summed E-state index contributed by atoms with van der Waals surface area (Å²) in [5.41, 5.74) is 0.340. The van der Waals surface area contributed by atoms with Crippen LogP contribution in [0.25, 0.3) is 0 Å². The highest BCUT2D eigenvalue weighted by molar-refractivity contribution is 6.00. The molecule has 43 heavy (non-hydrogen) atoms. The molecule has 0 saturated heterocycles. The third-order valence-corrected chi connectivity index (χ3v) is 7.25. The summed E-state index contributed by atoms with van der Waals surface area (Å²) in [7, 11) is 1.66. The molecule has 0 saturated carbocycles. The molecule has 1 N–H and O–H groups in total. The van der Waals surface area contributed by atoms with E-state index < -0.39 is 34.8 Å². The van der Waals surface area contributed by atoms with Crippen molar-refractivity contribution in [1.82, 2.24) is 15.1 Å². The first-order chi connectivity index (χ1) is 20.0. The molecule has 9 heteroatoms. The van der Waals surface area contributed by atoms with Crippen LogP contribution in [0.2, 0.25) is 0 Å². The molecule has 2 rings (SSSR count). The number of ether oxygens (including phenoxy) is 1. The van der Waals surface area contributed by atoms with Gasteiger partial charge in [0.15, 0.2) is 0 Å². The van der Waals surface area contributed by atoms with Crippen molar-refractivity contribution in [3.8, 4) is 0 Å². The molecule has 2 atom stereocenters. The molecule has 2 aromatic rings. The maximum Gasteiger partial charge on any atom is 0.410 e. The minimum atomic E-state index is -0.940. The zero-order chi connectivity index (χ0) is 32.5. The van der Waals surface area contributed by atoms with Crippen molar-refractivity contribution in [2.75, 3.05) is 20.1 Å². The lowest BCUT2D eigenvalue weighted by Crippen LogP contribution is -2.49. The molecular formula is C34H49F2N3O4. The summed E-state index contributed by atoms with van der Waals surface area (Å²) < 4.78 is 33.7. The number of amides is 3. The van der Waals surface area contributed by atoms with Gasteiger partial charge < -0.3 is 19.9 Å². The molecule has 238 valence electrons. The van der Waals surface area contributed by atoms with Crippen LogP contribution in [-0.2, 0) is 11.2 Å². The zero-order valence-corrected chi connectivity index (χ0v) is 27.3. The van der Waals surface area contributed by atoms with Crippen LogP contribution in [0.15, 0.2) is 36.4 Å². The number of nitrogens with one attached hydrogen (secondary N) is 1. The molecule has 7 nitrogen and oxygen atoms in total. The monoisotopic (exact) mass is 601 g/mol. The fraction of sp³-hybridized carbons (Fsp3) is 0.559. The van der Waals surface area contributed by atoms with Gasteiger partial charge >= 0.3 is 6.09 Å². The lowest BCUT2D eigenvalue weighted by atomic mass is 9.86. The van der Waals surface area contributed by atoms with Gasteiger partial charge in [0.1, 0.15) is 17.2 Å². The molecule has 0 fully saturated rings. The number of carbonyl (C=O) groups is 3. The van der Waals surface area contributed by atoms with E-state index in [2.05, 4.69) is 5.32 Å². The van der Waals surface area contributed by atoms with Crippen molar-refractivity contribution in [1.29, 1.82) is 0 Å². The molecule has 0 bridgehead atoms. The van der Waals surface area contributed by atoms with Crippen LogP contribution < -0.4 is 5.32 Å². The molecule has 2 aromatic carbocycles. The standard InChI is InChI=1S/C34H49F2N3O4/c1-10-14-39(15-11-2)31(41)27-17-23(3)16-26(20-27)30(40)37-34(8,22-25-18-28(35)21-29(36)19-25)13-12-24(4)38(9)32(42)43-33(5,6)7/h16-21,24H,10-15,22H2,1-9H3,(H,37,40)/t24-,34?/m0/s1. The van der Waals surface area contributed by atoms with Crippen LogP contribution in [0.4, 0.5) is 13.6 Å². The molecule has 0 spiro atoms. The van der Waals surface area contributed by atoms with E-state index in [0.717, 1.165) is 24.5 Å². The summed E-state index contributed by atoms with van der Waals surface area (Å²) in [6, 6.07) is 8.17. The first-order valence-electron chi connectivity index (χ1n) is 15.1. The quantitative estimate of drug-likeness (QED) is 0.261. The molecule has 0 aliphatic carbocycles. The van der Waals surface area contributed by atoms with Gasteiger partial charge in [-0.1, -0.05) is 13.8 Å². The second-order valence-corrected chi connectivity index (χ2v) is 12.8. The van der Waals surface area contributed by atoms with E-state index in [1.165, 1.54) is 17.0 Å². The van der Waals surface area contributed by atoms with Gasteiger partial charge in [-0.05, 0) is 115 Å². The number of hydrogen-bond acceptors (Lipinski definition) is 4. The summed E-state index contributed by atoms with van der Waals surface area (Å²) in [5, 5.41) is 3.09. The summed E-state index contributed by atoms with van der Waals surface area (Å²) in [6.45, 7) is 16.2. The normalized spacial score (nSPS) is 13.6. The van der Waals surface area contributed by atoms with Crippen LogP contribution in [0, 0.1) is 18.6 Å². The molecule has 0 aromatic heterocycles. The highest BCUT2D eigenvalue weighted by Crippen LogP contribution is 2.25. The Morgan fingerprint density at radius 2 is 1.47 bits per heavy atom. The third kappa shape index (κ3) is 11.3. The summed E-state index contributed by atoms with van der Waals surface area (Å²) in [4.78, 5) is 42.9. The van der Waals surface area contributed by atoms with E-state index in [1.807, 2.05) is 34.6 Å². The van der Waals surface area contributed by atoms with Gasteiger partial charge in [-0.25, -0.2) is 13.6 Å². The maximum absolute atomic E-state index is 14.1. The van der Waals surface area contributed by atoms with Crippen molar-refractivity contribution in [2.45, 2.75) is 105 Å². The number of hydrogen-bond donors (Lipinski definition) is 1. The van der Waals surface area contributed by atoms with Crippen LogP contribution >= 0.6 is 0 Å². The predicted molar refractivity (Wildman–Crippen MR) is 166 cm³/mol. The van der Waals surface area contributed by atoms with Crippen molar-refractivity contribution in [3.05, 3.63) is 70.3 Å². The number of rotatable bonds is 13. The van der Waals surface area contributed by atoms with Gasteiger partial charge in [0.05, 0.1) is 0 Å². The van der Waals surface area contributed by atoms with E-state index >= 15 is 0 Å². The fourth-order valence-corrected chi connectivity index (χ4v) is 5.01. The highest BCUT2D eigenvalue weighted by Gasteiger charge is 2.31. The smallest absolute Gasteiger partial charge is 0.410 e. The van der Waals surface area contributed by atoms with E-state index in [1.54, 1.807) is 50.9 Å². The molecule has 0 heterocycles. The largest absolute Gasteiger partial charge is 0.444 e. The summed E-state index contributed by atoms with van der Waals surface area (Å²) in [5.74, 6) is -1.93. The predicted octanol–water partition coefficient (Wildman–Crippen LogP) is 7.30. The Morgan fingerprint density at radius 3 is 2.00 bits per heavy atom. The average Bonchev–Trinajstić information content (AvgIpc) is 2.88. The maximum atomic E-state index is 14.1. The molecule has 0 aliphatic heterocycles. The number of carbonyl (C=O) groups excluding carboxylic acids is 3. The lowest BCUT2D eigenvalue weighted by Gasteiger charge is -2.34. The van der Waals surface area contributed by atoms with E-state index in [9.17, 15) is 23.2 Å². The van der Waals surface area contributed by atoms with Crippen LogP contribution in [0.1, 0.15) is 106 Å². The van der Waals surface area contributed by atoms with Gasteiger partial charge in [-0.2, -0.15) is 0 Å². The minimum Gasteiger partial charge on any atom is -0.444 e. The van der Waals surface area contributed by atoms with Gasteiger partial charge in [-0.15, -0.1) is 0 Å². The SMILES string of the molecule is CCCN(CCC)C(=O)c1cc(C)cc(C(=O)NC(C)(CC[C@H](C)N(C)C(=O)OC(C)(C)C)Cc2cc(F)cc(F)c2)c1. The fourth-order valence-electron chi connectivity index (χ4n) is 5.01. The van der Waals surface area contributed by atoms with E-state index in [-0.39, 0.29) is 18.4 Å². The molecule has 0 aliphatic rings. The number of benzene rings is 2. The summed E-state index contributed by atoms with van der Waals surface area (Å²) in [6.07, 6.45) is 2.20. The Hall–Kier alpha value is -3.49. The van der Waals surface area contributed by atoms with Gasteiger partial charge in [0.2, 0.25) is 0 Å². The Bertz CT molecular complexity index is 1250. The number of nitrogens with zero attached hydrogens (tertiary/aromatic N) is 2. The van der Waals surface area contributed by atoms with Crippen molar-refractivity contribution >= 4 is 17.9 Å².